The highest BCUT2D eigenvalue weighted by Gasteiger charge is 2.23. The number of aryl methyl sites for hydroxylation is 3. The number of carbonyl (C=O) groups is 1. The maximum Gasteiger partial charge on any atom is 0.258 e. The van der Waals surface area contributed by atoms with Crippen molar-refractivity contribution in [2.24, 2.45) is 7.05 Å². The van der Waals surface area contributed by atoms with E-state index in [0.29, 0.717) is 11.2 Å². The van der Waals surface area contributed by atoms with Crippen molar-refractivity contribution in [1.29, 1.82) is 0 Å². The van der Waals surface area contributed by atoms with Crippen LogP contribution >= 0.6 is 27.3 Å². The first-order valence-corrected chi connectivity index (χ1v) is 10.5. The lowest BCUT2D eigenvalue weighted by Crippen LogP contribution is -2.27. The summed E-state index contributed by atoms with van der Waals surface area (Å²) in [5.41, 5.74) is 4.81. The fourth-order valence-corrected chi connectivity index (χ4v) is 4.61. The van der Waals surface area contributed by atoms with Crippen LogP contribution in [0.2, 0.25) is 0 Å². The van der Waals surface area contributed by atoms with Crippen molar-refractivity contribution >= 4 is 49.9 Å². The lowest BCUT2D eigenvalue weighted by molar-refractivity contribution is 0.0994. The minimum atomic E-state index is -0.0771. The Labute approximate surface area is 175 Å². The number of rotatable bonds is 3. The van der Waals surface area contributed by atoms with Crippen molar-refractivity contribution in [3.63, 3.8) is 0 Å². The summed E-state index contributed by atoms with van der Waals surface area (Å²) >= 11 is 5.09. The first-order valence-electron chi connectivity index (χ1n) is 8.79. The van der Waals surface area contributed by atoms with Crippen LogP contribution in [0.4, 0.5) is 5.69 Å². The Kier molecular flexibility index (Phi) is 4.81. The van der Waals surface area contributed by atoms with Crippen LogP contribution < -0.4 is 4.90 Å². The summed E-state index contributed by atoms with van der Waals surface area (Å²) in [6, 6.07) is 11.8. The summed E-state index contributed by atoms with van der Waals surface area (Å²) in [5.74, 6) is -0.0771. The molecule has 0 atom stereocenters. The van der Waals surface area contributed by atoms with Crippen LogP contribution in [-0.4, -0.2) is 27.7 Å². The number of aromatic nitrogens is 3. The van der Waals surface area contributed by atoms with Gasteiger partial charge in [-0.1, -0.05) is 22.0 Å². The van der Waals surface area contributed by atoms with Gasteiger partial charge < -0.3 is 4.90 Å². The van der Waals surface area contributed by atoms with Crippen molar-refractivity contribution < 1.29 is 4.79 Å². The minimum absolute atomic E-state index is 0.0771. The normalized spacial score (nSPS) is 11.2. The zero-order valence-electron chi connectivity index (χ0n) is 16.0. The summed E-state index contributed by atoms with van der Waals surface area (Å²) in [7, 11) is 3.67. The van der Waals surface area contributed by atoms with E-state index in [9.17, 15) is 4.79 Å². The molecule has 0 aliphatic carbocycles. The van der Waals surface area contributed by atoms with Crippen LogP contribution in [0.1, 0.15) is 21.6 Å². The number of hydrogen-bond donors (Lipinski definition) is 0. The van der Waals surface area contributed by atoms with Crippen LogP contribution in [0.5, 0.6) is 0 Å². The molecular weight excluding hydrogens is 436 g/mol. The summed E-state index contributed by atoms with van der Waals surface area (Å²) < 4.78 is 2.73. The van der Waals surface area contributed by atoms with Gasteiger partial charge in [0.25, 0.3) is 5.91 Å². The molecule has 0 radical (unpaired) electrons. The van der Waals surface area contributed by atoms with Gasteiger partial charge in [-0.05, 0) is 55.1 Å². The van der Waals surface area contributed by atoms with E-state index in [1.54, 1.807) is 28.0 Å². The average molecular weight is 455 g/mol. The Hall–Kier alpha value is -2.51. The molecule has 0 N–H and O–H groups in total. The Morgan fingerprint density at radius 3 is 2.68 bits per heavy atom. The third kappa shape index (κ3) is 3.14. The van der Waals surface area contributed by atoms with E-state index in [1.165, 1.54) is 0 Å². The van der Waals surface area contributed by atoms with Crippen molar-refractivity contribution in [3.8, 4) is 10.6 Å². The van der Waals surface area contributed by atoms with Gasteiger partial charge in [0, 0.05) is 24.3 Å². The van der Waals surface area contributed by atoms with E-state index < -0.39 is 0 Å². The van der Waals surface area contributed by atoms with Gasteiger partial charge in [-0.15, -0.1) is 11.3 Å². The number of nitrogens with zero attached hydrogens (tertiary/aromatic N) is 4. The van der Waals surface area contributed by atoms with Crippen LogP contribution in [0.15, 0.2) is 46.3 Å². The predicted molar refractivity (Wildman–Crippen MR) is 118 cm³/mol. The van der Waals surface area contributed by atoms with Gasteiger partial charge in [0.05, 0.1) is 27.2 Å². The molecule has 3 aromatic heterocycles. The quantitative estimate of drug-likeness (QED) is 0.418. The number of hydrogen-bond acceptors (Lipinski definition) is 4. The second kappa shape index (κ2) is 7.14. The minimum Gasteiger partial charge on any atom is -0.311 e. The molecule has 1 amide bonds. The monoisotopic (exact) mass is 454 g/mol. The van der Waals surface area contributed by atoms with Gasteiger partial charge in [0.1, 0.15) is 0 Å². The molecule has 0 aliphatic heterocycles. The molecule has 28 heavy (non-hydrogen) atoms. The number of halogens is 1. The van der Waals surface area contributed by atoms with Crippen LogP contribution in [0.25, 0.3) is 21.6 Å². The molecule has 5 nitrogen and oxygen atoms in total. The van der Waals surface area contributed by atoms with Crippen molar-refractivity contribution in [1.82, 2.24) is 14.8 Å². The zero-order chi connectivity index (χ0) is 20.0. The largest absolute Gasteiger partial charge is 0.311 e. The molecule has 1 aromatic carbocycles. The molecular formula is C21H19BrN4OS. The molecule has 0 aliphatic rings. The highest BCUT2D eigenvalue weighted by molar-refractivity contribution is 9.10. The van der Waals surface area contributed by atoms with Crippen LogP contribution in [0.3, 0.4) is 0 Å². The molecule has 3 heterocycles. The molecule has 0 spiro atoms. The number of benzene rings is 1. The summed E-state index contributed by atoms with van der Waals surface area (Å²) in [6.07, 6.45) is 0. The van der Waals surface area contributed by atoms with Crippen molar-refractivity contribution in [3.05, 3.63) is 63.1 Å². The average Bonchev–Trinajstić information content (AvgIpc) is 3.29. The van der Waals surface area contributed by atoms with Gasteiger partial charge in [0.2, 0.25) is 0 Å². The highest BCUT2D eigenvalue weighted by atomic mass is 79.9. The molecule has 0 fully saturated rings. The lowest BCUT2D eigenvalue weighted by Gasteiger charge is -2.20. The maximum atomic E-state index is 13.5. The SMILES string of the molecule is Cc1cc(Br)ccc1N(C)C(=O)c1cc(-c2cccs2)nc2c1c(C)nn2C. The Morgan fingerprint density at radius 2 is 2.00 bits per heavy atom. The highest BCUT2D eigenvalue weighted by Crippen LogP contribution is 2.31. The number of carbonyl (C=O) groups excluding carboxylic acids is 1. The first-order chi connectivity index (χ1) is 13.4. The second-order valence-electron chi connectivity index (χ2n) is 6.73. The number of pyridine rings is 1. The molecule has 4 aromatic rings. The van der Waals surface area contributed by atoms with Gasteiger partial charge >= 0.3 is 0 Å². The standard InChI is InChI=1S/C21H19BrN4OS/c1-12-10-14(22)7-8-17(12)25(3)21(27)15-11-16(18-6-5-9-28-18)23-20-19(15)13(2)24-26(20)4/h5-11H,1-4H3. The van der Waals surface area contributed by atoms with Gasteiger partial charge in [0.15, 0.2) is 5.65 Å². The molecule has 0 bridgehead atoms. The molecule has 0 unspecified atom stereocenters. The van der Waals surface area contributed by atoms with E-state index in [0.717, 1.165) is 37.4 Å². The number of anilines is 1. The maximum absolute atomic E-state index is 13.5. The lowest BCUT2D eigenvalue weighted by atomic mass is 10.1. The van der Waals surface area contributed by atoms with Crippen LogP contribution in [-0.2, 0) is 7.05 Å². The first kappa shape index (κ1) is 18.8. The van der Waals surface area contributed by atoms with E-state index in [2.05, 4.69) is 21.0 Å². The summed E-state index contributed by atoms with van der Waals surface area (Å²) in [5, 5.41) is 7.31. The fourth-order valence-electron chi connectivity index (χ4n) is 3.45. The number of fused-ring (bicyclic) bond motifs is 1. The van der Waals surface area contributed by atoms with Gasteiger partial charge in [-0.2, -0.15) is 5.10 Å². The van der Waals surface area contributed by atoms with Gasteiger partial charge in [-0.3, -0.25) is 9.48 Å². The van der Waals surface area contributed by atoms with E-state index >= 15 is 0 Å². The van der Waals surface area contributed by atoms with Gasteiger partial charge in [-0.25, -0.2) is 4.98 Å². The van der Waals surface area contributed by atoms with E-state index in [-0.39, 0.29) is 5.91 Å². The molecule has 142 valence electrons. The second-order valence-corrected chi connectivity index (χ2v) is 8.60. The smallest absolute Gasteiger partial charge is 0.258 e. The Morgan fingerprint density at radius 1 is 1.21 bits per heavy atom. The Bertz CT molecular complexity index is 1200. The fraction of sp³-hybridized carbons (Fsp3) is 0.190. The molecule has 0 saturated carbocycles. The topological polar surface area (TPSA) is 51.0 Å². The van der Waals surface area contributed by atoms with Crippen LogP contribution in [0, 0.1) is 13.8 Å². The predicted octanol–water partition coefficient (Wildman–Crippen LogP) is 5.35. The zero-order valence-corrected chi connectivity index (χ0v) is 18.4. The van der Waals surface area contributed by atoms with Crippen molar-refractivity contribution in [2.75, 3.05) is 11.9 Å². The van der Waals surface area contributed by atoms with Crippen molar-refractivity contribution in [2.45, 2.75) is 13.8 Å². The Balaban J connectivity index is 1.90. The third-order valence-electron chi connectivity index (χ3n) is 4.80. The van der Waals surface area contributed by atoms with E-state index in [1.807, 2.05) is 62.7 Å². The molecule has 4 rings (SSSR count). The summed E-state index contributed by atoms with van der Waals surface area (Å²) in [6.45, 7) is 3.91. The summed E-state index contributed by atoms with van der Waals surface area (Å²) in [4.78, 5) is 21.0. The van der Waals surface area contributed by atoms with E-state index in [4.69, 9.17) is 4.98 Å². The molecule has 7 heteroatoms. The molecule has 0 saturated heterocycles. The third-order valence-corrected chi connectivity index (χ3v) is 6.18. The number of amides is 1. The number of thiophene rings is 1.